The molecular formula is C20H18BrCl2N5O3. The van der Waals surface area contributed by atoms with Gasteiger partial charge in [-0.1, -0.05) is 23.2 Å². The van der Waals surface area contributed by atoms with Gasteiger partial charge in [-0.2, -0.15) is 5.10 Å². The Morgan fingerprint density at radius 2 is 2.13 bits per heavy atom. The lowest BCUT2D eigenvalue weighted by molar-refractivity contribution is -0.138. The molecule has 31 heavy (non-hydrogen) atoms. The van der Waals surface area contributed by atoms with Crippen LogP contribution in [0.3, 0.4) is 0 Å². The summed E-state index contributed by atoms with van der Waals surface area (Å²) >= 11 is 16.4. The van der Waals surface area contributed by atoms with Gasteiger partial charge in [0.2, 0.25) is 0 Å². The predicted molar refractivity (Wildman–Crippen MR) is 120 cm³/mol. The smallest absolute Gasteiger partial charge is 0.305 e. The van der Waals surface area contributed by atoms with Crippen LogP contribution >= 0.6 is 39.1 Å². The van der Waals surface area contributed by atoms with Crippen molar-refractivity contribution >= 4 is 61.8 Å². The van der Waals surface area contributed by atoms with E-state index in [-0.39, 0.29) is 19.1 Å². The van der Waals surface area contributed by atoms with E-state index in [0.717, 1.165) is 29.7 Å². The van der Waals surface area contributed by atoms with Gasteiger partial charge in [0, 0.05) is 22.0 Å². The van der Waals surface area contributed by atoms with Gasteiger partial charge in [0.25, 0.3) is 0 Å². The summed E-state index contributed by atoms with van der Waals surface area (Å²) in [4.78, 5) is 22.0. The molecule has 1 aliphatic heterocycles. The third-order valence-corrected chi connectivity index (χ3v) is 7.53. The molecule has 11 heteroatoms. The van der Waals surface area contributed by atoms with Gasteiger partial charge in [0.05, 0.1) is 46.9 Å². The van der Waals surface area contributed by atoms with Crippen LogP contribution in [0.15, 0.2) is 29.3 Å². The standard InChI is InChI=1S/C20H18BrCl2N5O3/c21-13-5-12-15(27-9-24-8-25-27)6-16(26-20(12)19(23)18(13)22)28-11(3-10-4-14(10)28)7-31-2-1-17(29)30/h5-6,8-11,14H,1-4,7H2,(H,29,30)/t10?,11-,14+/m0/s1. The highest BCUT2D eigenvalue weighted by atomic mass is 79.9. The summed E-state index contributed by atoms with van der Waals surface area (Å²) in [5.41, 5.74) is 1.39. The molecule has 2 fully saturated rings. The lowest BCUT2D eigenvalue weighted by Gasteiger charge is -2.29. The fraction of sp³-hybridized carbons (Fsp3) is 0.400. The first-order chi connectivity index (χ1) is 14.9. The van der Waals surface area contributed by atoms with E-state index in [0.29, 0.717) is 38.6 Å². The molecule has 2 aliphatic rings. The largest absolute Gasteiger partial charge is 0.481 e. The Kier molecular flexibility index (Phi) is 5.54. The van der Waals surface area contributed by atoms with E-state index < -0.39 is 5.97 Å². The number of carbonyl (C=O) groups is 1. The summed E-state index contributed by atoms with van der Waals surface area (Å²) in [6.07, 6.45) is 5.20. The minimum Gasteiger partial charge on any atom is -0.481 e. The summed E-state index contributed by atoms with van der Waals surface area (Å²) in [5, 5.41) is 14.7. The summed E-state index contributed by atoms with van der Waals surface area (Å²) in [7, 11) is 0. The van der Waals surface area contributed by atoms with Gasteiger partial charge in [-0.3, -0.25) is 4.79 Å². The minimum atomic E-state index is -0.863. The molecule has 0 bridgehead atoms. The van der Waals surface area contributed by atoms with Crippen LogP contribution in [0.25, 0.3) is 16.6 Å². The zero-order valence-electron chi connectivity index (χ0n) is 16.2. The number of benzene rings is 1. The van der Waals surface area contributed by atoms with Crippen LogP contribution in [0.5, 0.6) is 0 Å². The number of rotatable bonds is 7. The Bertz CT molecular complexity index is 1160. The third-order valence-electron chi connectivity index (χ3n) is 5.82. The van der Waals surface area contributed by atoms with Crippen LogP contribution in [0.2, 0.25) is 10.0 Å². The second kappa shape index (κ2) is 8.20. The third kappa shape index (κ3) is 3.88. The van der Waals surface area contributed by atoms with E-state index in [1.165, 1.54) is 6.33 Å². The van der Waals surface area contributed by atoms with Crippen molar-refractivity contribution < 1.29 is 14.6 Å². The van der Waals surface area contributed by atoms with E-state index in [2.05, 4.69) is 30.9 Å². The molecule has 0 spiro atoms. The van der Waals surface area contributed by atoms with Gasteiger partial charge in [-0.25, -0.2) is 14.6 Å². The van der Waals surface area contributed by atoms with Gasteiger partial charge < -0.3 is 14.7 Å². The Morgan fingerprint density at radius 3 is 2.87 bits per heavy atom. The normalized spacial score (nSPS) is 22.2. The summed E-state index contributed by atoms with van der Waals surface area (Å²) < 4.78 is 8.03. The van der Waals surface area contributed by atoms with Gasteiger partial charge in [-0.15, -0.1) is 0 Å². The number of fused-ring (bicyclic) bond motifs is 2. The number of piperidine rings is 1. The molecular weight excluding hydrogens is 509 g/mol. The van der Waals surface area contributed by atoms with Crippen molar-refractivity contribution in [3.8, 4) is 5.69 Å². The number of carboxylic acid groups (broad SMARTS) is 1. The number of halogens is 3. The number of aromatic nitrogens is 4. The molecule has 3 aromatic rings. The molecule has 1 saturated carbocycles. The molecule has 1 saturated heterocycles. The van der Waals surface area contributed by atoms with Crippen molar-refractivity contribution in [2.24, 2.45) is 5.92 Å². The molecule has 1 unspecified atom stereocenters. The average molecular weight is 527 g/mol. The van der Waals surface area contributed by atoms with Crippen LogP contribution in [-0.2, 0) is 9.53 Å². The molecule has 3 atom stereocenters. The maximum atomic E-state index is 10.8. The molecule has 5 rings (SSSR count). The van der Waals surface area contributed by atoms with Crippen molar-refractivity contribution in [2.75, 3.05) is 18.1 Å². The second-order valence-electron chi connectivity index (χ2n) is 7.80. The maximum absolute atomic E-state index is 10.8. The topological polar surface area (TPSA) is 93.4 Å². The highest BCUT2D eigenvalue weighted by molar-refractivity contribution is 9.10. The number of hydrogen-bond donors (Lipinski definition) is 1. The predicted octanol–water partition coefficient (Wildman–Crippen LogP) is 4.34. The zero-order chi connectivity index (χ0) is 21.7. The first-order valence-electron chi connectivity index (χ1n) is 9.85. The van der Waals surface area contributed by atoms with Crippen LogP contribution < -0.4 is 4.90 Å². The van der Waals surface area contributed by atoms with Crippen molar-refractivity contribution in [2.45, 2.75) is 31.3 Å². The number of ether oxygens (including phenoxy) is 1. The van der Waals surface area contributed by atoms with Crippen molar-refractivity contribution in [1.29, 1.82) is 0 Å². The molecule has 0 radical (unpaired) electrons. The maximum Gasteiger partial charge on any atom is 0.305 e. The van der Waals surface area contributed by atoms with Gasteiger partial charge in [0.15, 0.2) is 0 Å². The first kappa shape index (κ1) is 20.9. The second-order valence-corrected chi connectivity index (χ2v) is 9.41. The number of anilines is 1. The molecule has 3 heterocycles. The van der Waals surface area contributed by atoms with Gasteiger partial charge in [-0.05, 0) is 40.8 Å². The first-order valence-corrected chi connectivity index (χ1v) is 11.4. The number of hydrogen-bond acceptors (Lipinski definition) is 6. The van der Waals surface area contributed by atoms with E-state index in [9.17, 15) is 4.79 Å². The number of aliphatic carboxylic acids is 1. The van der Waals surface area contributed by atoms with E-state index in [1.807, 2.05) is 12.1 Å². The van der Waals surface area contributed by atoms with Crippen LogP contribution in [-0.4, -0.2) is 56.1 Å². The molecule has 162 valence electrons. The van der Waals surface area contributed by atoms with E-state index in [1.54, 1.807) is 11.0 Å². The molecule has 1 aliphatic carbocycles. The monoisotopic (exact) mass is 525 g/mol. The number of pyridine rings is 1. The summed E-state index contributed by atoms with van der Waals surface area (Å²) in [6, 6.07) is 4.38. The summed E-state index contributed by atoms with van der Waals surface area (Å²) in [5.74, 6) is 0.511. The highest BCUT2D eigenvalue weighted by Crippen LogP contribution is 2.50. The average Bonchev–Trinajstić information content (AvgIpc) is 3.14. The molecule has 2 aromatic heterocycles. The van der Waals surface area contributed by atoms with E-state index in [4.69, 9.17) is 38.0 Å². The molecule has 8 nitrogen and oxygen atoms in total. The Labute approximate surface area is 196 Å². The van der Waals surface area contributed by atoms with E-state index >= 15 is 0 Å². The van der Waals surface area contributed by atoms with Crippen molar-refractivity contribution in [3.05, 3.63) is 39.3 Å². The highest BCUT2D eigenvalue weighted by Gasteiger charge is 2.52. The zero-order valence-corrected chi connectivity index (χ0v) is 19.3. The molecule has 1 aromatic carbocycles. The lowest BCUT2D eigenvalue weighted by atomic mass is 10.1. The fourth-order valence-corrected chi connectivity index (χ4v) is 5.27. The lowest BCUT2D eigenvalue weighted by Crippen LogP contribution is -2.37. The van der Waals surface area contributed by atoms with Crippen LogP contribution in [0.1, 0.15) is 19.3 Å². The van der Waals surface area contributed by atoms with Crippen LogP contribution in [0, 0.1) is 5.92 Å². The Morgan fingerprint density at radius 1 is 1.29 bits per heavy atom. The van der Waals surface area contributed by atoms with Crippen molar-refractivity contribution in [3.63, 3.8) is 0 Å². The fourth-order valence-electron chi connectivity index (χ4n) is 4.33. The minimum absolute atomic E-state index is 0.00671. The van der Waals surface area contributed by atoms with Crippen molar-refractivity contribution in [1.82, 2.24) is 19.7 Å². The quantitative estimate of drug-likeness (QED) is 0.361. The summed E-state index contributed by atoms with van der Waals surface area (Å²) in [6.45, 7) is 0.646. The SMILES string of the molecule is O=C(O)CCOC[C@@H]1CC2C[C@H]2N1c1cc(-n2cncn2)c2cc(Br)c(Cl)c(Cl)c2n1. The van der Waals surface area contributed by atoms with Gasteiger partial charge in [0.1, 0.15) is 18.5 Å². The molecule has 0 amide bonds. The van der Waals surface area contributed by atoms with Gasteiger partial charge >= 0.3 is 5.97 Å². The Hall–Kier alpha value is -1.94. The Balaban J connectivity index is 1.55. The molecule has 1 N–H and O–H groups in total. The van der Waals surface area contributed by atoms with Crippen LogP contribution in [0.4, 0.5) is 5.82 Å². The number of nitrogens with zero attached hydrogens (tertiary/aromatic N) is 5. The number of carboxylic acids is 1.